The van der Waals surface area contributed by atoms with Gasteiger partial charge in [0.15, 0.2) is 0 Å². The molecule has 0 bridgehead atoms. The summed E-state index contributed by atoms with van der Waals surface area (Å²) in [7, 11) is 1.48. The summed E-state index contributed by atoms with van der Waals surface area (Å²) in [4.78, 5) is 4.78. The van der Waals surface area contributed by atoms with E-state index in [4.69, 9.17) is 9.72 Å². The Morgan fingerprint density at radius 1 is 0.970 bits per heavy atom. The molecule has 0 saturated heterocycles. The van der Waals surface area contributed by atoms with Crippen molar-refractivity contribution < 1.29 is 22.3 Å². The van der Waals surface area contributed by atoms with Crippen LogP contribution in [-0.2, 0) is 12.7 Å². The Labute approximate surface area is 189 Å². The van der Waals surface area contributed by atoms with E-state index >= 15 is 0 Å². The molecule has 3 aromatic carbocycles. The number of aromatic nitrogens is 1. The summed E-state index contributed by atoms with van der Waals surface area (Å²) < 4.78 is 57.9. The molecule has 1 atom stereocenters. The molecule has 7 heteroatoms. The van der Waals surface area contributed by atoms with E-state index in [2.05, 4.69) is 5.32 Å². The number of nitrogens with zero attached hydrogens (tertiary/aromatic N) is 1. The van der Waals surface area contributed by atoms with Gasteiger partial charge in [0.05, 0.1) is 24.1 Å². The van der Waals surface area contributed by atoms with Crippen LogP contribution in [0.1, 0.15) is 29.8 Å². The minimum absolute atomic E-state index is 0.197. The molecular formula is C26H22F4N2O. The zero-order valence-corrected chi connectivity index (χ0v) is 18.1. The second kappa shape index (κ2) is 9.19. The van der Waals surface area contributed by atoms with Crippen molar-refractivity contribution in [1.82, 2.24) is 10.3 Å². The minimum atomic E-state index is -4.39. The van der Waals surface area contributed by atoms with E-state index in [-0.39, 0.29) is 11.9 Å². The number of ether oxygens (including phenoxy) is 1. The van der Waals surface area contributed by atoms with Gasteiger partial charge >= 0.3 is 6.18 Å². The second-order valence-corrected chi connectivity index (χ2v) is 7.79. The number of hydrogen-bond donors (Lipinski definition) is 1. The van der Waals surface area contributed by atoms with E-state index in [1.165, 1.54) is 31.4 Å². The Morgan fingerprint density at radius 3 is 2.39 bits per heavy atom. The smallest absolute Gasteiger partial charge is 0.416 e. The van der Waals surface area contributed by atoms with Crippen LogP contribution in [0.5, 0.6) is 5.75 Å². The van der Waals surface area contributed by atoms with E-state index in [1.807, 2.05) is 37.3 Å². The number of rotatable bonds is 6. The van der Waals surface area contributed by atoms with E-state index in [1.54, 1.807) is 6.07 Å². The average Bonchev–Trinajstić information content (AvgIpc) is 2.81. The van der Waals surface area contributed by atoms with Crippen molar-refractivity contribution in [3.8, 4) is 17.0 Å². The van der Waals surface area contributed by atoms with Crippen molar-refractivity contribution in [3.05, 3.63) is 95.4 Å². The summed E-state index contributed by atoms with van der Waals surface area (Å²) in [5.74, 6) is 0.0556. The van der Waals surface area contributed by atoms with E-state index in [0.29, 0.717) is 23.6 Å². The molecule has 0 spiro atoms. The van der Waals surface area contributed by atoms with E-state index < -0.39 is 11.7 Å². The lowest BCUT2D eigenvalue weighted by molar-refractivity contribution is -0.137. The van der Waals surface area contributed by atoms with Crippen LogP contribution in [0.2, 0.25) is 0 Å². The lowest BCUT2D eigenvalue weighted by atomic mass is 10.0. The molecule has 0 amide bonds. The summed E-state index contributed by atoms with van der Waals surface area (Å²) >= 11 is 0. The number of fused-ring (bicyclic) bond motifs is 1. The molecule has 0 aliphatic heterocycles. The Bertz CT molecular complexity index is 1270. The highest BCUT2D eigenvalue weighted by Gasteiger charge is 2.30. The molecule has 0 aliphatic carbocycles. The first-order valence-corrected chi connectivity index (χ1v) is 10.4. The van der Waals surface area contributed by atoms with Crippen LogP contribution in [0.3, 0.4) is 0 Å². The van der Waals surface area contributed by atoms with Crippen LogP contribution in [0.15, 0.2) is 72.8 Å². The van der Waals surface area contributed by atoms with Gasteiger partial charge in [-0.05, 0) is 48.2 Å². The van der Waals surface area contributed by atoms with Crippen LogP contribution >= 0.6 is 0 Å². The number of nitrogens with one attached hydrogen (secondary N) is 1. The Hall–Kier alpha value is -3.45. The highest BCUT2D eigenvalue weighted by Crippen LogP contribution is 2.33. The molecule has 1 unspecified atom stereocenters. The predicted octanol–water partition coefficient (Wildman–Crippen LogP) is 6.92. The van der Waals surface area contributed by atoms with Gasteiger partial charge in [-0.2, -0.15) is 13.2 Å². The van der Waals surface area contributed by atoms with Gasteiger partial charge in [-0.25, -0.2) is 4.39 Å². The van der Waals surface area contributed by atoms with Gasteiger partial charge in [0, 0.05) is 29.6 Å². The standard InChI is InChI=1S/C26H22F4N2O/c1-16(31-15-17-11-21(27)14-22(12-17)33-2)24-13-19-5-3-4-6-23(19)25(32-24)18-7-9-20(10-8-18)26(28,29)30/h3-14,16,31H,15H2,1-2H3. The van der Waals surface area contributed by atoms with Gasteiger partial charge in [0.25, 0.3) is 0 Å². The third kappa shape index (κ3) is 5.14. The van der Waals surface area contributed by atoms with Gasteiger partial charge in [-0.15, -0.1) is 0 Å². The Morgan fingerprint density at radius 2 is 1.70 bits per heavy atom. The molecule has 1 N–H and O–H groups in total. The molecule has 0 aliphatic rings. The van der Waals surface area contributed by atoms with Gasteiger partial charge in [0.2, 0.25) is 0 Å². The highest BCUT2D eigenvalue weighted by molar-refractivity contribution is 5.94. The lowest BCUT2D eigenvalue weighted by Crippen LogP contribution is -2.19. The number of pyridine rings is 1. The van der Waals surface area contributed by atoms with Crippen LogP contribution in [0.25, 0.3) is 22.0 Å². The zero-order valence-electron chi connectivity index (χ0n) is 18.1. The molecule has 0 fully saturated rings. The molecule has 3 nitrogen and oxygen atoms in total. The third-order valence-electron chi connectivity index (χ3n) is 5.47. The summed E-state index contributed by atoms with van der Waals surface area (Å²) in [6.45, 7) is 2.32. The van der Waals surface area contributed by atoms with Gasteiger partial charge in [0.1, 0.15) is 11.6 Å². The maximum atomic E-state index is 13.8. The maximum Gasteiger partial charge on any atom is 0.416 e. The molecule has 4 aromatic rings. The minimum Gasteiger partial charge on any atom is -0.497 e. The molecule has 170 valence electrons. The molecule has 1 heterocycles. The fraction of sp³-hybridized carbons (Fsp3) is 0.192. The van der Waals surface area contributed by atoms with Crippen molar-refractivity contribution in [3.63, 3.8) is 0 Å². The molecule has 0 radical (unpaired) electrons. The molecule has 1 aromatic heterocycles. The normalized spacial score (nSPS) is 12.7. The van der Waals surface area contributed by atoms with Gasteiger partial charge < -0.3 is 10.1 Å². The third-order valence-corrected chi connectivity index (χ3v) is 5.47. The number of halogens is 4. The Kier molecular flexibility index (Phi) is 6.33. The lowest BCUT2D eigenvalue weighted by Gasteiger charge is -2.17. The number of alkyl halides is 3. The van der Waals surface area contributed by atoms with Crippen LogP contribution in [0, 0.1) is 5.82 Å². The first-order chi connectivity index (χ1) is 15.7. The molecule has 33 heavy (non-hydrogen) atoms. The summed E-state index contributed by atoms with van der Waals surface area (Å²) in [5, 5.41) is 5.11. The monoisotopic (exact) mass is 454 g/mol. The number of methoxy groups -OCH3 is 1. The quantitative estimate of drug-likeness (QED) is 0.321. The fourth-order valence-corrected chi connectivity index (χ4v) is 3.69. The van der Waals surface area contributed by atoms with Gasteiger partial charge in [-0.1, -0.05) is 36.4 Å². The van der Waals surface area contributed by atoms with Crippen molar-refractivity contribution in [1.29, 1.82) is 0 Å². The van der Waals surface area contributed by atoms with Crippen molar-refractivity contribution >= 4 is 10.8 Å². The highest BCUT2D eigenvalue weighted by atomic mass is 19.4. The SMILES string of the molecule is COc1cc(F)cc(CNC(C)c2cc3ccccc3c(-c3ccc(C(F)(F)F)cc3)n2)c1. The van der Waals surface area contributed by atoms with Crippen molar-refractivity contribution in [2.45, 2.75) is 25.7 Å². The largest absolute Gasteiger partial charge is 0.497 e. The Balaban J connectivity index is 1.65. The van der Waals surface area contributed by atoms with Crippen molar-refractivity contribution in [2.75, 3.05) is 7.11 Å². The maximum absolute atomic E-state index is 13.8. The zero-order chi connectivity index (χ0) is 23.6. The van der Waals surface area contributed by atoms with Crippen LogP contribution < -0.4 is 10.1 Å². The second-order valence-electron chi connectivity index (χ2n) is 7.79. The topological polar surface area (TPSA) is 34.1 Å². The van der Waals surface area contributed by atoms with E-state index in [9.17, 15) is 17.6 Å². The summed E-state index contributed by atoms with van der Waals surface area (Å²) in [5.41, 5.74) is 1.96. The summed E-state index contributed by atoms with van der Waals surface area (Å²) in [6.07, 6.45) is -4.39. The molecular weight excluding hydrogens is 432 g/mol. The van der Waals surface area contributed by atoms with Crippen LogP contribution in [-0.4, -0.2) is 12.1 Å². The number of benzene rings is 3. The van der Waals surface area contributed by atoms with Gasteiger partial charge in [-0.3, -0.25) is 4.98 Å². The summed E-state index contributed by atoms with van der Waals surface area (Å²) in [6, 6.07) is 18.9. The molecule has 4 rings (SSSR count). The van der Waals surface area contributed by atoms with E-state index in [0.717, 1.165) is 34.2 Å². The van der Waals surface area contributed by atoms with Crippen molar-refractivity contribution in [2.24, 2.45) is 0 Å². The van der Waals surface area contributed by atoms with Crippen LogP contribution in [0.4, 0.5) is 17.6 Å². The first kappa shape index (κ1) is 22.7. The number of hydrogen-bond acceptors (Lipinski definition) is 3. The average molecular weight is 454 g/mol. The molecule has 0 saturated carbocycles. The predicted molar refractivity (Wildman–Crippen MR) is 120 cm³/mol. The fourth-order valence-electron chi connectivity index (χ4n) is 3.69. The first-order valence-electron chi connectivity index (χ1n) is 10.4.